The Morgan fingerprint density at radius 3 is 3.00 bits per heavy atom. The van der Waals surface area contributed by atoms with Crippen LogP contribution in [0.5, 0.6) is 0 Å². The molecule has 0 amide bonds. The van der Waals surface area contributed by atoms with Crippen LogP contribution in [0.1, 0.15) is 24.1 Å². The largest absolute Gasteiger partial charge is 0.367 e. The molecule has 1 atom stereocenters. The fourth-order valence-electron chi connectivity index (χ4n) is 2.81. The maximum atomic E-state index is 4.24. The van der Waals surface area contributed by atoms with Crippen LogP contribution in [-0.2, 0) is 6.54 Å². The topological polar surface area (TPSA) is 53.9 Å². The molecule has 1 N–H and O–H groups in total. The summed E-state index contributed by atoms with van der Waals surface area (Å²) in [6.07, 6.45) is 9.65. The summed E-state index contributed by atoms with van der Waals surface area (Å²) in [6, 6.07) is 4.72. The van der Waals surface area contributed by atoms with Gasteiger partial charge in [0.2, 0.25) is 0 Å². The van der Waals surface area contributed by atoms with Crippen molar-refractivity contribution in [3.63, 3.8) is 0 Å². The average Bonchev–Trinajstić information content (AvgIpc) is 2.54. The Balaban J connectivity index is 1.57. The maximum absolute atomic E-state index is 4.24. The van der Waals surface area contributed by atoms with Crippen molar-refractivity contribution in [2.24, 2.45) is 0 Å². The standard InChI is InChI=1S/C16H21N5/c1-13-7-14(4-5-19-13)8-20-15-3-2-6-21(11-15)16-9-17-12-18-10-16/h4-5,7,9-10,12,15,20H,2-3,6,8,11H2,1H3/t15-/m0/s1. The minimum Gasteiger partial charge on any atom is -0.367 e. The molecule has 110 valence electrons. The summed E-state index contributed by atoms with van der Waals surface area (Å²) < 4.78 is 0. The van der Waals surface area contributed by atoms with Gasteiger partial charge in [0.25, 0.3) is 0 Å². The molecular formula is C16H21N5. The predicted octanol–water partition coefficient (Wildman–Crippen LogP) is 1.94. The molecule has 2 aromatic heterocycles. The predicted molar refractivity (Wildman–Crippen MR) is 83.1 cm³/mol. The zero-order valence-electron chi connectivity index (χ0n) is 12.4. The van der Waals surface area contributed by atoms with E-state index < -0.39 is 0 Å². The van der Waals surface area contributed by atoms with Crippen LogP contribution < -0.4 is 10.2 Å². The second kappa shape index (κ2) is 6.63. The van der Waals surface area contributed by atoms with Crippen LogP contribution in [0.2, 0.25) is 0 Å². The van der Waals surface area contributed by atoms with Gasteiger partial charge in [0.05, 0.1) is 18.1 Å². The third-order valence-electron chi connectivity index (χ3n) is 3.89. The van der Waals surface area contributed by atoms with Gasteiger partial charge in [-0.15, -0.1) is 0 Å². The molecule has 5 nitrogen and oxygen atoms in total. The number of piperidine rings is 1. The van der Waals surface area contributed by atoms with E-state index in [0.29, 0.717) is 6.04 Å². The molecule has 0 aliphatic carbocycles. The number of nitrogens with one attached hydrogen (secondary N) is 1. The number of hydrogen-bond acceptors (Lipinski definition) is 5. The summed E-state index contributed by atoms with van der Waals surface area (Å²) in [5, 5.41) is 3.65. The summed E-state index contributed by atoms with van der Waals surface area (Å²) >= 11 is 0. The van der Waals surface area contributed by atoms with Crippen LogP contribution in [0.4, 0.5) is 5.69 Å². The van der Waals surface area contributed by atoms with E-state index in [2.05, 4.69) is 37.3 Å². The first-order valence-corrected chi connectivity index (χ1v) is 7.46. The molecule has 2 aromatic rings. The third kappa shape index (κ3) is 3.76. The highest BCUT2D eigenvalue weighted by atomic mass is 15.2. The Morgan fingerprint density at radius 1 is 1.33 bits per heavy atom. The van der Waals surface area contributed by atoms with Gasteiger partial charge < -0.3 is 10.2 Å². The molecule has 3 heterocycles. The smallest absolute Gasteiger partial charge is 0.115 e. The van der Waals surface area contributed by atoms with Gasteiger partial charge in [-0.05, 0) is 37.5 Å². The SMILES string of the molecule is Cc1cc(CN[C@H]2CCCN(c3cncnc3)C2)ccn1. The van der Waals surface area contributed by atoms with Crippen LogP contribution in [0.15, 0.2) is 37.1 Å². The summed E-state index contributed by atoms with van der Waals surface area (Å²) in [5.41, 5.74) is 3.48. The Morgan fingerprint density at radius 2 is 2.19 bits per heavy atom. The van der Waals surface area contributed by atoms with Gasteiger partial charge in [0.1, 0.15) is 6.33 Å². The molecule has 21 heavy (non-hydrogen) atoms. The van der Waals surface area contributed by atoms with Crippen molar-refractivity contribution in [3.05, 3.63) is 48.3 Å². The number of rotatable bonds is 4. The number of aromatic nitrogens is 3. The lowest BCUT2D eigenvalue weighted by atomic mass is 10.0. The Labute approximate surface area is 125 Å². The van der Waals surface area contributed by atoms with Crippen LogP contribution in [0.25, 0.3) is 0 Å². The first-order chi connectivity index (χ1) is 10.3. The number of anilines is 1. The lowest BCUT2D eigenvalue weighted by molar-refractivity contribution is 0.421. The quantitative estimate of drug-likeness (QED) is 0.929. The fourth-order valence-corrected chi connectivity index (χ4v) is 2.81. The molecule has 1 aliphatic heterocycles. The zero-order valence-corrected chi connectivity index (χ0v) is 12.4. The van der Waals surface area contributed by atoms with Crippen molar-refractivity contribution in [2.45, 2.75) is 32.4 Å². The Hall–Kier alpha value is -2.01. The van der Waals surface area contributed by atoms with E-state index >= 15 is 0 Å². The molecule has 0 spiro atoms. The van der Waals surface area contributed by atoms with E-state index in [9.17, 15) is 0 Å². The van der Waals surface area contributed by atoms with Crippen molar-refractivity contribution >= 4 is 5.69 Å². The number of aryl methyl sites for hydroxylation is 1. The number of pyridine rings is 1. The van der Waals surface area contributed by atoms with Crippen molar-refractivity contribution in [3.8, 4) is 0 Å². The van der Waals surface area contributed by atoms with Gasteiger partial charge in [-0.2, -0.15) is 0 Å². The van der Waals surface area contributed by atoms with Crippen LogP contribution in [-0.4, -0.2) is 34.1 Å². The van der Waals surface area contributed by atoms with E-state index in [1.807, 2.05) is 25.5 Å². The lowest BCUT2D eigenvalue weighted by Crippen LogP contribution is -2.45. The van der Waals surface area contributed by atoms with Gasteiger partial charge in [-0.3, -0.25) is 4.98 Å². The first-order valence-electron chi connectivity index (χ1n) is 7.46. The van der Waals surface area contributed by atoms with E-state index in [-0.39, 0.29) is 0 Å². The van der Waals surface area contributed by atoms with E-state index in [4.69, 9.17) is 0 Å². The minimum absolute atomic E-state index is 0.507. The Bertz CT molecular complexity index is 572. The van der Waals surface area contributed by atoms with E-state index in [1.165, 1.54) is 18.4 Å². The number of hydrogen-bond donors (Lipinski definition) is 1. The number of nitrogens with zero attached hydrogens (tertiary/aromatic N) is 4. The highest BCUT2D eigenvalue weighted by Gasteiger charge is 2.19. The molecule has 0 bridgehead atoms. The molecule has 0 saturated carbocycles. The molecule has 5 heteroatoms. The van der Waals surface area contributed by atoms with Crippen LogP contribution in [0, 0.1) is 6.92 Å². The van der Waals surface area contributed by atoms with Gasteiger partial charge >= 0.3 is 0 Å². The van der Waals surface area contributed by atoms with Gasteiger partial charge in [0.15, 0.2) is 0 Å². The summed E-state index contributed by atoms with van der Waals surface area (Å²) in [7, 11) is 0. The minimum atomic E-state index is 0.507. The molecule has 1 aliphatic rings. The third-order valence-corrected chi connectivity index (χ3v) is 3.89. The highest BCUT2D eigenvalue weighted by molar-refractivity contribution is 5.42. The first kappa shape index (κ1) is 13.9. The summed E-state index contributed by atoms with van der Waals surface area (Å²) in [6.45, 7) is 5.02. The lowest BCUT2D eigenvalue weighted by Gasteiger charge is -2.34. The monoisotopic (exact) mass is 283 g/mol. The molecular weight excluding hydrogens is 262 g/mol. The van der Waals surface area contributed by atoms with Crippen molar-refractivity contribution in [2.75, 3.05) is 18.0 Å². The van der Waals surface area contributed by atoms with Crippen LogP contribution >= 0.6 is 0 Å². The molecule has 0 aromatic carbocycles. The van der Waals surface area contributed by atoms with Crippen molar-refractivity contribution < 1.29 is 0 Å². The van der Waals surface area contributed by atoms with E-state index in [1.54, 1.807) is 6.33 Å². The maximum Gasteiger partial charge on any atom is 0.115 e. The van der Waals surface area contributed by atoms with Gasteiger partial charge in [0, 0.05) is 37.6 Å². The molecule has 1 fully saturated rings. The normalized spacial score (nSPS) is 18.7. The summed E-state index contributed by atoms with van der Waals surface area (Å²) in [4.78, 5) is 14.8. The van der Waals surface area contributed by atoms with E-state index in [0.717, 1.165) is 31.0 Å². The van der Waals surface area contributed by atoms with Crippen molar-refractivity contribution in [1.29, 1.82) is 0 Å². The van der Waals surface area contributed by atoms with Gasteiger partial charge in [-0.1, -0.05) is 0 Å². The Kier molecular flexibility index (Phi) is 4.40. The molecule has 3 rings (SSSR count). The molecule has 0 radical (unpaired) electrons. The second-order valence-electron chi connectivity index (χ2n) is 5.57. The van der Waals surface area contributed by atoms with Crippen LogP contribution in [0.3, 0.4) is 0 Å². The summed E-state index contributed by atoms with van der Waals surface area (Å²) in [5.74, 6) is 0. The molecule has 0 unspecified atom stereocenters. The fraction of sp³-hybridized carbons (Fsp3) is 0.438. The van der Waals surface area contributed by atoms with Gasteiger partial charge in [-0.25, -0.2) is 9.97 Å². The highest BCUT2D eigenvalue weighted by Crippen LogP contribution is 2.18. The zero-order chi connectivity index (χ0) is 14.5. The molecule has 1 saturated heterocycles. The second-order valence-corrected chi connectivity index (χ2v) is 5.57. The van der Waals surface area contributed by atoms with Crippen molar-refractivity contribution in [1.82, 2.24) is 20.3 Å². The average molecular weight is 283 g/mol.